The molecule has 0 saturated heterocycles. The van der Waals surface area contributed by atoms with Crippen molar-refractivity contribution in [2.24, 2.45) is 0 Å². The highest BCUT2D eigenvalue weighted by molar-refractivity contribution is 7.92. The number of hydrogen-bond acceptors (Lipinski definition) is 6. The molecule has 1 atom stereocenters. The second kappa shape index (κ2) is 13.7. The van der Waals surface area contributed by atoms with Crippen molar-refractivity contribution in [3.8, 4) is 11.5 Å². The van der Waals surface area contributed by atoms with Crippen molar-refractivity contribution < 1.29 is 27.5 Å². The number of rotatable bonds is 14. The maximum Gasteiger partial charge on any atom is 0.242 e. The monoisotopic (exact) mass is 519 g/mol. The SMILES string of the molecule is CCCNC(=O)[C@H](C)N(Cc1cccc(OC)c1)C(=O)CCCN(c1ccccc1OC)S(C)(=O)=O. The van der Waals surface area contributed by atoms with Crippen molar-refractivity contribution in [3.63, 3.8) is 0 Å². The Morgan fingerprint density at radius 2 is 1.78 bits per heavy atom. The lowest BCUT2D eigenvalue weighted by molar-refractivity contribution is -0.140. The van der Waals surface area contributed by atoms with E-state index in [1.807, 2.05) is 31.2 Å². The van der Waals surface area contributed by atoms with Gasteiger partial charge in [-0.05, 0) is 49.6 Å². The average Bonchev–Trinajstić information content (AvgIpc) is 2.87. The molecule has 0 heterocycles. The quantitative estimate of drug-likeness (QED) is 0.411. The summed E-state index contributed by atoms with van der Waals surface area (Å²) in [6.07, 6.45) is 2.24. The molecule has 2 amide bonds. The predicted molar refractivity (Wildman–Crippen MR) is 141 cm³/mol. The molecule has 0 aromatic heterocycles. The maximum absolute atomic E-state index is 13.3. The zero-order chi connectivity index (χ0) is 26.7. The number of ether oxygens (including phenoxy) is 2. The lowest BCUT2D eigenvalue weighted by Crippen LogP contribution is -2.47. The van der Waals surface area contributed by atoms with Crippen molar-refractivity contribution in [3.05, 3.63) is 54.1 Å². The Hall–Kier alpha value is -3.27. The minimum absolute atomic E-state index is 0.0660. The summed E-state index contributed by atoms with van der Waals surface area (Å²) in [5, 5.41) is 2.85. The number of para-hydroxylation sites is 2. The van der Waals surface area contributed by atoms with Gasteiger partial charge >= 0.3 is 0 Å². The van der Waals surface area contributed by atoms with Crippen LogP contribution in [0.1, 0.15) is 38.7 Å². The van der Waals surface area contributed by atoms with Crippen LogP contribution in [0.3, 0.4) is 0 Å². The minimum atomic E-state index is -3.61. The van der Waals surface area contributed by atoms with Gasteiger partial charge in [-0.3, -0.25) is 13.9 Å². The van der Waals surface area contributed by atoms with Crippen molar-refractivity contribution >= 4 is 27.5 Å². The van der Waals surface area contributed by atoms with Gasteiger partial charge in [0.05, 0.1) is 26.2 Å². The van der Waals surface area contributed by atoms with Gasteiger partial charge < -0.3 is 19.7 Å². The summed E-state index contributed by atoms with van der Waals surface area (Å²) in [5.41, 5.74) is 1.24. The Morgan fingerprint density at radius 1 is 1.06 bits per heavy atom. The molecular formula is C26H37N3O6S. The largest absolute Gasteiger partial charge is 0.497 e. The first-order chi connectivity index (χ1) is 17.1. The molecule has 2 rings (SSSR count). The van der Waals surface area contributed by atoms with E-state index in [9.17, 15) is 18.0 Å². The average molecular weight is 520 g/mol. The number of nitrogens with one attached hydrogen (secondary N) is 1. The van der Waals surface area contributed by atoms with Crippen LogP contribution in [0.2, 0.25) is 0 Å². The van der Waals surface area contributed by atoms with Crippen LogP contribution in [0.15, 0.2) is 48.5 Å². The van der Waals surface area contributed by atoms with E-state index >= 15 is 0 Å². The molecule has 198 valence electrons. The van der Waals surface area contributed by atoms with Crippen molar-refractivity contribution in [2.75, 3.05) is 37.9 Å². The fraction of sp³-hybridized carbons (Fsp3) is 0.462. The maximum atomic E-state index is 13.3. The first-order valence-corrected chi connectivity index (χ1v) is 13.8. The van der Waals surface area contributed by atoms with Gasteiger partial charge in [0.15, 0.2) is 0 Å². The van der Waals surface area contributed by atoms with Gasteiger partial charge in [0.1, 0.15) is 17.5 Å². The topological polar surface area (TPSA) is 105 Å². The van der Waals surface area contributed by atoms with Crippen molar-refractivity contribution in [1.82, 2.24) is 10.2 Å². The Morgan fingerprint density at radius 3 is 2.42 bits per heavy atom. The Bertz CT molecular complexity index is 1120. The summed E-state index contributed by atoms with van der Waals surface area (Å²) < 4.78 is 36.9. The van der Waals surface area contributed by atoms with Gasteiger partial charge in [-0.1, -0.05) is 31.2 Å². The van der Waals surface area contributed by atoms with Gasteiger partial charge in [0.2, 0.25) is 21.8 Å². The summed E-state index contributed by atoms with van der Waals surface area (Å²) in [7, 11) is -0.571. The van der Waals surface area contributed by atoms with E-state index in [1.54, 1.807) is 38.3 Å². The molecular weight excluding hydrogens is 482 g/mol. The molecule has 36 heavy (non-hydrogen) atoms. The lowest BCUT2D eigenvalue weighted by atomic mass is 10.1. The molecule has 0 aliphatic heterocycles. The van der Waals surface area contributed by atoms with Crippen LogP contribution < -0.4 is 19.1 Å². The molecule has 0 bridgehead atoms. The number of amides is 2. The number of carbonyl (C=O) groups is 2. The number of carbonyl (C=O) groups excluding carboxylic acids is 2. The van der Waals surface area contributed by atoms with Crippen LogP contribution in [0.5, 0.6) is 11.5 Å². The Balaban J connectivity index is 2.20. The number of nitrogens with zero attached hydrogens (tertiary/aromatic N) is 2. The van der Waals surface area contributed by atoms with E-state index in [1.165, 1.54) is 16.3 Å². The second-order valence-electron chi connectivity index (χ2n) is 8.45. The van der Waals surface area contributed by atoms with Gasteiger partial charge in [0.25, 0.3) is 0 Å². The number of benzene rings is 2. The fourth-order valence-electron chi connectivity index (χ4n) is 3.76. The lowest BCUT2D eigenvalue weighted by Gasteiger charge is -2.29. The van der Waals surface area contributed by atoms with E-state index in [4.69, 9.17) is 9.47 Å². The first kappa shape index (κ1) is 29.0. The van der Waals surface area contributed by atoms with Gasteiger partial charge in [-0.2, -0.15) is 0 Å². The molecule has 0 radical (unpaired) electrons. The van der Waals surface area contributed by atoms with Crippen LogP contribution >= 0.6 is 0 Å². The highest BCUT2D eigenvalue weighted by atomic mass is 32.2. The summed E-state index contributed by atoms with van der Waals surface area (Å²) >= 11 is 0. The van der Waals surface area contributed by atoms with Crippen LogP contribution in [-0.2, 0) is 26.2 Å². The Labute approximate surface area is 214 Å². The Kier molecular flexibility index (Phi) is 11.0. The number of methoxy groups -OCH3 is 2. The molecule has 0 aliphatic carbocycles. The van der Waals surface area contributed by atoms with Crippen LogP contribution in [0, 0.1) is 0 Å². The molecule has 1 N–H and O–H groups in total. The molecule has 2 aromatic rings. The standard InChI is InChI=1S/C26H37N3O6S/c1-6-16-27-26(31)20(2)28(19-21-11-9-12-22(18-21)34-3)25(30)15-10-17-29(36(5,32)33)23-13-7-8-14-24(23)35-4/h7-9,11-14,18,20H,6,10,15-17,19H2,1-5H3,(H,27,31)/t20-/m0/s1. The van der Waals surface area contributed by atoms with Gasteiger partial charge in [-0.15, -0.1) is 0 Å². The number of hydrogen-bond donors (Lipinski definition) is 1. The van der Waals surface area contributed by atoms with Gasteiger partial charge in [-0.25, -0.2) is 8.42 Å². The van der Waals surface area contributed by atoms with Crippen molar-refractivity contribution in [1.29, 1.82) is 0 Å². The highest BCUT2D eigenvalue weighted by Gasteiger charge is 2.27. The van der Waals surface area contributed by atoms with E-state index < -0.39 is 16.1 Å². The third-order valence-corrected chi connectivity index (χ3v) is 6.89. The molecule has 0 unspecified atom stereocenters. The van der Waals surface area contributed by atoms with Crippen LogP contribution in [0.4, 0.5) is 5.69 Å². The minimum Gasteiger partial charge on any atom is -0.497 e. The molecule has 0 aliphatic rings. The van der Waals surface area contributed by atoms with Crippen LogP contribution in [-0.4, -0.2) is 64.7 Å². The highest BCUT2D eigenvalue weighted by Crippen LogP contribution is 2.29. The summed E-state index contributed by atoms with van der Waals surface area (Å²) in [6.45, 7) is 4.49. The zero-order valence-corrected chi connectivity index (χ0v) is 22.5. The fourth-order valence-corrected chi connectivity index (χ4v) is 4.73. The van der Waals surface area contributed by atoms with E-state index in [0.717, 1.165) is 18.2 Å². The van der Waals surface area contributed by atoms with E-state index in [0.29, 0.717) is 23.7 Å². The third-order valence-electron chi connectivity index (χ3n) is 5.71. The summed E-state index contributed by atoms with van der Waals surface area (Å²) in [4.78, 5) is 27.6. The van der Waals surface area contributed by atoms with E-state index in [-0.39, 0.29) is 37.7 Å². The molecule has 0 fully saturated rings. The smallest absolute Gasteiger partial charge is 0.242 e. The van der Waals surface area contributed by atoms with Crippen LogP contribution in [0.25, 0.3) is 0 Å². The number of sulfonamides is 1. The molecule has 9 nitrogen and oxygen atoms in total. The predicted octanol–water partition coefficient (Wildman–Crippen LogP) is 3.19. The molecule has 0 spiro atoms. The first-order valence-electron chi connectivity index (χ1n) is 11.9. The normalized spacial score (nSPS) is 11.9. The zero-order valence-electron chi connectivity index (χ0n) is 21.7. The summed E-state index contributed by atoms with van der Waals surface area (Å²) in [5.74, 6) is 0.601. The van der Waals surface area contributed by atoms with E-state index in [2.05, 4.69) is 5.32 Å². The molecule has 2 aromatic carbocycles. The molecule has 0 saturated carbocycles. The van der Waals surface area contributed by atoms with Crippen molar-refractivity contribution in [2.45, 2.75) is 45.7 Å². The summed E-state index contributed by atoms with van der Waals surface area (Å²) in [6, 6.07) is 13.5. The van der Waals surface area contributed by atoms with Gasteiger partial charge in [0, 0.05) is 26.1 Å². The second-order valence-corrected chi connectivity index (χ2v) is 10.4. The molecule has 10 heteroatoms. The number of anilines is 1. The third kappa shape index (κ3) is 8.15.